The summed E-state index contributed by atoms with van der Waals surface area (Å²) in [6.07, 6.45) is 4.12. The van der Waals surface area contributed by atoms with E-state index in [1.807, 2.05) is 26.2 Å². The average molecular weight is 770 g/mol. The lowest BCUT2D eigenvalue weighted by Gasteiger charge is -2.43. The summed E-state index contributed by atoms with van der Waals surface area (Å²) in [6, 6.07) is 2.65. The van der Waals surface area contributed by atoms with Gasteiger partial charge in [0.15, 0.2) is 5.72 Å². The number of nitrogens with one attached hydrogen (secondary N) is 1. The number of carbonyl (C=O) groups is 4. The van der Waals surface area contributed by atoms with Crippen molar-refractivity contribution < 1.29 is 43.2 Å². The van der Waals surface area contributed by atoms with Gasteiger partial charge in [-0.25, -0.2) is 9.59 Å². The van der Waals surface area contributed by atoms with Gasteiger partial charge in [-0.15, -0.1) is 0 Å². The molecule has 1 saturated heterocycles. The van der Waals surface area contributed by atoms with Gasteiger partial charge in [0.2, 0.25) is 11.8 Å². The van der Waals surface area contributed by atoms with Gasteiger partial charge in [0.25, 0.3) is 0 Å². The second-order valence-electron chi connectivity index (χ2n) is 13.6. The second-order valence-corrected chi connectivity index (χ2v) is 16.0. The van der Waals surface area contributed by atoms with Crippen LogP contribution < -0.4 is 15.0 Å². The zero-order valence-corrected chi connectivity index (χ0v) is 33.3. The fraction of sp³-hybridized carbons (Fsp3) is 0.611. The van der Waals surface area contributed by atoms with Crippen LogP contribution in [0.15, 0.2) is 35.9 Å². The smallest absolute Gasteiger partial charge is 0.409 e. The molecule has 2 N–H and O–H groups in total. The van der Waals surface area contributed by atoms with Crippen LogP contribution in [0.3, 0.4) is 0 Å². The molecule has 0 spiro atoms. The van der Waals surface area contributed by atoms with Crippen molar-refractivity contribution in [1.82, 2.24) is 10.2 Å². The summed E-state index contributed by atoms with van der Waals surface area (Å²) < 4.78 is 21.7. The van der Waals surface area contributed by atoms with Gasteiger partial charge in [-0.1, -0.05) is 42.3 Å². The van der Waals surface area contributed by atoms with Crippen molar-refractivity contribution in [1.29, 1.82) is 0 Å². The third-order valence-electron chi connectivity index (χ3n) is 9.52. The summed E-state index contributed by atoms with van der Waals surface area (Å²) >= 11 is 13.2. The number of carbonyl (C=O) groups excluding carboxylic acids is 4. The summed E-state index contributed by atoms with van der Waals surface area (Å²) in [5.74, 6) is -0.801. The van der Waals surface area contributed by atoms with Crippen LogP contribution in [-0.4, -0.2) is 109 Å². The highest BCUT2D eigenvalue weighted by Crippen LogP contribution is 2.40. The van der Waals surface area contributed by atoms with Crippen LogP contribution in [0.1, 0.15) is 58.9 Å². The molecule has 1 aromatic rings. The number of hydrogen-bond donors (Lipinski definition) is 3. The molecular weight excluding hydrogens is 718 g/mol. The Balaban J connectivity index is 2.11. The number of thiol groups is 1. The van der Waals surface area contributed by atoms with Crippen molar-refractivity contribution in [3.8, 4) is 5.75 Å². The Morgan fingerprint density at radius 1 is 1.27 bits per heavy atom. The van der Waals surface area contributed by atoms with Crippen molar-refractivity contribution >= 4 is 65.6 Å². The topological polar surface area (TPSA) is 144 Å². The van der Waals surface area contributed by atoms with E-state index in [4.69, 9.17) is 43.2 Å². The number of benzene rings is 1. The normalized spacial score (nSPS) is 29.9. The van der Waals surface area contributed by atoms with Gasteiger partial charge in [0.1, 0.15) is 35.1 Å². The Labute approximate surface area is 316 Å². The van der Waals surface area contributed by atoms with E-state index in [1.54, 1.807) is 45.2 Å². The van der Waals surface area contributed by atoms with Crippen LogP contribution >= 0.6 is 36.0 Å². The number of esters is 1. The van der Waals surface area contributed by atoms with Crippen LogP contribution in [0.2, 0.25) is 5.02 Å². The molecule has 284 valence electrons. The van der Waals surface area contributed by atoms with Gasteiger partial charge < -0.3 is 33.9 Å². The van der Waals surface area contributed by atoms with E-state index < -0.39 is 58.7 Å². The van der Waals surface area contributed by atoms with E-state index in [0.717, 1.165) is 11.1 Å². The largest absolute Gasteiger partial charge is 0.495 e. The molecule has 51 heavy (non-hydrogen) atoms. The first-order chi connectivity index (χ1) is 23.9. The molecule has 2 heterocycles. The molecular formula is C36H52ClN3O9S2. The zero-order valence-electron chi connectivity index (χ0n) is 30.9. The molecule has 2 aliphatic heterocycles. The molecule has 1 fully saturated rings. The standard InChI is InChI=1S/C36H52ClN3O9S2/c1-21-11-10-12-28(47-8)36(45)20-27(48-34(44)38-36)22(2)19-35(4,50)29(49-33(43)23(3)39(5)30(41)13-14-51-9)18-31(42)40(6)25-16-24(15-21)17-26(46-7)32(25)37/h10-12,16-17,22-23,27-29,45,50H,13-15,18-20H2,1-9H3,(H,38,44)/b12-10+,21-11+/t22-,23-,27-,28+,29-,35?,36-/m0/s1. The van der Waals surface area contributed by atoms with Gasteiger partial charge in [-0.2, -0.15) is 24.4 Å². The van der Waals surface area contributed by atoms with Crippen molar-refractivity contribution in [3.05, 3.63) is 46.5 Å². The SMILES string of the molecule is COc1cc2cc(c1Cl)N(C)C(=O)C[C@H](OC(=O)[C@H](C)N(C)C(=O)CCSC)C(C)(S)C[C@H](C)[C@@H]1C[C@@](O)(NC(=O)O1)[C@H](OC)/C=C/C=C(\C)C2. The molecule has 15 heteroatoms. The van der Waals surface area contributed by atoms with E-state index in [9.17, 15) is 24.3 Å². The monoisotopic (exact) mass is 769 g/mol. The molecule has 4 bridgehead atoms. The highest BCUT2D eigenvalue weighted by atomic mass is 35.5. The van der Waals surface area contributed by atoms with E-state index in [1.165, 1.54) is 42.8 Å². The number of thioether (sulfide) groups is 1. The van der Waals surface area contributed by atoms with Crippen LogP contribution in [0.4, 0.5) is 10.5 Å². The maximum absolute atomic E-state index is 14.1. The van der Waals surface area contributed by atoms with E-state index >= 15 is 0 Å². The van der Waals surface area contributed by atoms with Crippen molar-refractivity contribution in [2.45, 2.75) is 94.6 Å². The minimum absolute atomic E-state index is 0.0223. The first-order valence-corrected chi connectivity index (χ1v) is 19.0. The number of methoxy groups -OCH3 is 2. The predicted octanol–water partition coefficient (Wildman–Crippen LogP) is 5.19. The lowest BCUT2D eigenvalue weighted by molar-refractivity contribution is -0.161. The Hall–Kier alpha value is -2.91. The van der Waals surface area contributed by atoms with Gasteiger partial charge in [0.05, 0.1) is 19.2 Å². The molecule has 3 amide bonds. The fourth-order valence-electron chi connectivity index (χ4n) is 6.23. The molecule has 0 radical (unpaired) electrons. The number of anilines is 1. The van der Waals surface area contributed by atoms with Crippen molar-refractivity contribution in [2.75, 3.05) is 45.2 Å². The van der Waals surface area contributed by atoms with E-state index in [2.05, 4.69) is 5.32 Å². The molecule has 1 unspecified atom stereocenters. The first-order valence-electron chi connectivity index (χ1n) is 16.8. The summed E-state index contributed by atoms with van der Waals surface area (Å²) in [5, 5.41) is 14.4. The van der Waals surface area contributed by atoms with Gasteiger partial charge in [-0.05, 0) is 63.5 Å². The Morgan fingerprint density at radius 2 is 1.96 bits per heavy atom. The molecule has 2 aliphatic rings. The predicted molar refractivity (Wildman–Crippen MR) is 203 cm³/mol. The van der Waals surface area contributed by atoms with Gasteiger partial charge in [0, 0.05) is 44.5 Å². The number of hydrogen-bond acceptors (Lipinski definition) is 11. The summed E-state index contributed by atoms with van der Waals surface area (Å²) in [4.78, 5) is 56.0. The molecule has 1 aromatic carbocycles. The number of halogens is 1. The number of amides is 3. The number of alkyl carbamates (subject to hydrolysis) is 1. The quantitative estimate of drug-likeness (QED) is 0.239. The highest BCUT2D eigenvalue weighted by molar-refractivity contribution is 7.98. The van der Waals surface area contributed by atoms with Crippen LogP contribution in [0.25, 0.3) is 0 Å². The van der Waals surface area contributed by atoms with Crippen molar-refractivity contribution in [2.24, 2.45) is 5.92 Å². The van der Waals surface area contributed by atoms with Crippen LogP contribution in [-0.2, 0) is 35.0 Å². The fourth-order valence-corrected chi connectivity index (χ4v) is 7.35. The zero-order chi connectivity index (χ0) is 38.3. The lowest BCUT2D eigenvalue weighted by atomic mass is 9.83. The second kappa shape index (κ2) is 18.2. The van der Waals surface area contributed by atoms with Crippen LogP contribution in [0.5, 0.6) is 5.75 Å². The summed E-state index contributed by atoms with van der Waals surface area (Å²) in [7, 11) is 6.05. The van der Waals surface area contributed by atoms with Crippen LogP contribution in [0, 0.1) is 5.92 Å². The third kappa shape index (κ3) is 10.8. The molecule has 0 aliphatic carbocycles. The Bertz CT molecular complexity index is 1510. The average Bonchev–Trinajstić information content (AvgIpc) is 3.07. The highest BCUT2D eigenvalue weighted by Gasteiger charge is 2.48. The minimum atomic E-state index is -1.80. The molecule has 0 saturated carbocycles. The number of nitrogens with zero attached hydrogens (tertiary/aromatic N) is 2. The molecule has 12 nitrogen and oxygen atoms in total. The van der Waals surface area contributed by atoms with Gasteiger partial charge >= 0.3 is 12.1 Å². The Morgan fingerprint density at radius 3 is 2.59 bits per heavy atom. The van der Waals surface area contributed by atoms with E-state index in [-0.39, 0.29) is 36.6 Å². The number of ether oxygens (including phenoxy) is 4. The minimum Gasteiger partial charge on any atom is -0.495 e. The number of fused-ring (bicyclic) bond motifs is 4. The number of likely N-dealkylation sites (N-methyl/N-ethyl adjacent to an activating group) is 1. The molecule has 0 aromatic heterocycles. The lowest BCUT2D eigenvalue weighted by Crippen LogP contribution is -2.63. The third-order valence-corrected chi connectivity index (χ3v) is 11.0. The molecule has 3 rings (SSSR count). The maximum Gasteiger partial charge on any atom is 0.409 e. The number of allylic oxidation sites excluding steroid dienone is 3. The Kier molecular flexibility index (Phi) is 15.2. The maximum atomic E-state index is 14.1. The number of aliphatic hydroxyl groups is 1. The van der Waals surface area contributed by atoms with Crippen molar-refractivity contribution in [3.63, 3.8) is 0 Å². The summed E-state index contributed by atoms with van der Waals surface area (Å²) in [5.41, 5.74) is 0.341. The van der Waals surface area contributed by atoms with Gasteiger partial charge in [-0.3, -0.25) is 14.9 Å². The molecule has 7 atom stereocenters. The summed E-state index contributed by atoms with van der Waals surface area (Å²) in [6.45, 7) is 7.06. The van der Waals surface area contributed by atoms with E-state index in [0.29, 0.717) is 23.6 Å². The first kappa shape index (κ1) is 42.5. The number of rotatable bonds is 8.